The predicted molar refractivity (Wildman–Crippen MR) is 201 cm³/mol. The highest BCUT2D eigenvalue weighted by atomic mass is 28.3. The number of aromatic nitrogens is 1. The summed E-state index contributed by atoms with van der Waals surface area (Å²) in [5, 5.41) is 17.4. The fourth-order valence-electron chi connectivity index (χ4n) is 7.36. The van der Waals surface area contributed by atoms with Gasteiger partial charge in [-0.2, -0.15) is 5.26 Å². The Morgan fingerprint density at radius 1 is 0.542 bits per heavy atom. The first kappa shape index (κ1) is 29.0. The van der Waals surface area contributed by atoms with Crippen molar-refractivity contribution >= 4 is 56.3 Å². The third-order valence-corrected chi connectivity index (χ3v) is 14.2. The first-order valence-corrected chi connectivity index (χ1v) is 18.0. The summed E-state index contributed by atoms with van der Waals surface area (Å²) >= 11 is 0. The van der Waals surface area contributed by atoms with Crippen molar-refractivity contribution in [2.75, 3.05) is 0 Å². The Morgan fingerprint density at radius 3 is 1.54 bits per heavy atom. The number of nitrogens with zero attached hydrogens (tertiary/aromatic N) is 3. The Labute approximate surface area is 281 Å². The summed E-state index contributed by atoms with van der Waals surface area (Å²) in [7, 11) is -2.93. The minimum Gasteiger partial charge on any atom is -0.319 e. The second-order valence-electron chi connectivity index (χ2n) is 11.9. The van der Waals surface area contributed by atoms with Crippen molar-refractivity contribution in [1.82, 2.24) is 4.57 Å². The summed E-state index contributed by atoms with van der Waals surface area (Å²) in [5.74, 6) is 0. The van der Waals surface area contributed by atoms with Gasteiger partial charge in [-0.15, -0.1) is 0 Å². The van der Waals surface area contributed by atoms with Gasteiger partial charge < -0.3 is 4.57 Å². The number of fused-ring (bicyclic) bond motifs is 3. The molecule has 0 unspecified atom stereocenters. The van der Waals surface area contributed by atoms with Gasteiger partial charge in [-0.3, -0.25) is 0 Å². The molecule has 0 aliphatic carbocycles. The molecule has 4 heteroatoms. The van der Waals surface area contributed by atoms with Crippen LogP contribution in [-0.4, -0.2) is 12.6 Å². The quantitative estimate of drug-likeness (QED) is 0.104. The molecule has 1 heterocycles. The highest BCUT2D eigenvalue weighted by Gasteiger charge is 2.43. The van der Waals surface area contributed by atoms with Gasteiger partial charge in [0, 0.05) is 10.8 Å². The zero-order valence-electron chi connectivity index (χ0n) is 26.1. The highest BCUT2D eigenvalue weighted by Crippen LogP contribution is 2.37. The van der Waals surface area contributed by atoms with E-state index in [1.807, 2.05) is 36.4 Å². The van der Waals surface area contributed by atoms with Crippen LogP contribution in [0.4, 0.5) is 5.69 Å². The SMILES string of the molecule is [C-]#[N+]c1ccc(-c2cc(C#N)ccc2[Si](c2ccccc2)(c2ccccc2)c2ccccc2)cc1-n1c2ccccc2c2ccccc21. The van der Waals surface area contributed by atoms with Crippen molar-refractivity contribution in [1.29, 1.82) is 5.26 Å². The standard InChI is InChI=1S/C44H29N3Si/c1-46-40-27-26-33(30-43(40)47-41-23-13-11-21-37(41)38-22-12-14-24-42(38)47)39-29-32(31-45)25-28-44(39)48(34-15-5-2-6-16-34,35-17-7-3-8-18-35)36-19-9-4-10-20-36/h2-30H. The minimum absolute atomic E-state index is 0.570. The molecular formula is C44H29N3Si. The van der Waals surface area contributed by atoms with Crippen molar-refractivity contribution in [3.63, 3.8) is 0 Å². The van der Waals surface area contributed by atoms with E-state index in [-0.39, 0.29) is 0 Å². The Morgan fingerprint density at radius 2 is 1.04 bits per heavy atom. The van der Waals surface area contributed by atoms with E-state index in [1.165, 1.54) is 20.7 Å². The molecule has 0 atom stereocenters. The third kappa shape index (κ3) is 4.55. The Kier molecular flexibility index (Phi) is 7.27. The lowest BCUT2D eigenvalue weighted by Gasteiger charge is -2.36. The van der Waals surface area contributed by atoms with E-state index in [4.69, 9.17) is 6.57 Å². The number of hydrogen-bond donors (Lipinski definition) is 0. The Bertz CT molecular complexity index is 2370. The largest absolute Gasteiger partial charge is 0.319 e. The molecule has 0 bridgehead atoms. The van der Waals surface area contributed by atoms with Gasteiger partial charge in [-0.05, 0) is 62.2 Å². The van der Waals surface area contributed by atoms with Crippen LogP contribution >= 0.6 is 0 Å². The number of benzene rings is 7. The topological polar surface area (TPSA) is 33.1 Å². The monoisotopic (exact) mass is 627 g/mol. The summed E-state index contributed by atoms with van der Waals surface area (Å²) in [4.78, 5) is 4.01. The number of rotatable bonds is 6. The van der Waals surface area contributed by atoms with Crippen LogP contribution in [0.3, 0.4) is 0 Å². The molecule has 1 aromatic heterocycles. The normalized spacial score (nSPS) is 11.3. The maximum atomic E-state index is 10.2. The second kappa shape index (κ2) is 12.0. The molecule has 0 amide bonds. The zero-order chi connectivity index (χ0) is 32.5. The Balaban J connectivity index is 1.49. The van der Waals surface area contributed by atoms with Crippen LogP contribution in [0.5, 0.6) is 0 Å². The van der Waals surface area contributed by atoms with Crippen LogP contribution < -0.4 is 20.7 Å². The summed E-state index contributed by atoms with van der Waals surface area (Å²) in [6, 6.07) is 63.9. The van der Waals surface area contributed by atoms with Crippen LogP contribution in [0.1, 0.15) is 5.56 Å². The number of hydrogen-bond acceptors (Lipinski definition) is 1. The molecule has 8 rings (SSSR count). The summed E-state index contributed by atoms with van der Waals surface area (Å²) < 4.78 is 2.21. The van der Waals surface area contributed by atoms with Gasteiger partial charge in [0.05, 0.1) is 34.9 Å². The molecule has 0 aliphatic heterocycles. The maximum absolute atomic E-state index is 10.2. The number of para-hydroxylation sites is 2. The van der Waals surface area contributed by atoms with Crippen molar-refractivity contribution in [2.24, 2.45) is 0 Å². The molecule has 0 aliphatic rings. The van der Waals surface area contributed by atoms with E-state index in [2.05, 4.69) is 155 Å². The van der Waals surface area contributed by atoms with Gasteiger partial charge >= 0.3 is 0 Å². The van der Waals surface area contributed by atoms with Crippen molar-refractivity contribution < 1.29 is 0 Å². The zero-order valence-corrected chi connectivity index (χ0v) is 27.1. The lowest BCUT2D eigenvalue weighted by Crippen LogP contribution is -2.75. The fourth-order valence-corrected chi connectivity index (χ4v) is 12.3. The van der Waals surface area contributed by atoms with Crippen LogP contribution in [0.25, 0.3) is 43.5 Å². The van der Waals surface area contributed by atoms with Gasteiger partial charge in [-0.25, -0.2) is 4.85 Å². The second-order valence-corrected chi connectivity index (χ2v) is 15.7. The first-order chi connectivity index (χ1) is 23.7. The van der Waals surface area contributed by atoms with Crippen LogP contribution in [-0.2, 0) is 0 Å². The fraction of sp³-hybridized carbons (Fsp3) is 0. The maximum Gasteiger partial charge on any atom is 0.210 e. The highest BCUT2D eigenvalue weighted by molar-refractivity contribution is 7.20. The van der Waals surface area contributed by atoms with Crippen molar-refractivity contribution in [2.45, 2.75) is 0 Å². The minimum atomic E-state index is -2.93. The molecule has 0 N–H and O–H groups in total. The molecule has 224 valence electrons. The van der Waals surface area contributed by atoms with Gasteiger partial charge in [0.15, 0.2) is 8.07 Å². The number of nitriles is 1. The molecular weight excluding hydrogens is 599 g/mol. The predicted octanol–water partition coefficient (Wildman–Crippen LogP) is 8.25. The van der Waals surface area contributed by atoms with Crippen LogP contribution in [0.15, 0.2) is 176 Å². The molecule has 0 spiro atoms. The van der Waals surface area contributed by atoms with Crippen LogP contribution in [0.2, 0.25) is 0 Å². The van der Waals surface area contributed by atoms with Gasteiger partial charge in [0.2, 0.25) is 5.69 Å². The molecule has 8 aromatic rings. The summed E-state index contributed by atoms with van der Waals surface area (Å²) in [6.45, 7) is 8.20. The van der Waals surface area contributed by atoms with E-state index < -0.39 is 8.07 Å². The first-order valence-electron chi connectivity index (χ1n) is 16.0. The average Bonchev–Trinajstić information content (AvgIpc) is 3.50. The molecule has 7 aromatic carbocycles. The lowest BCUT2D eigenvalue weighted by atomic mass is 10.0. The van der Waals surface area contributed by atoms with E-state index in [0.29, 0.717) is 11.3 Å². The van der Waals surface area contributed by atoms with E-state index in [1.54, 1.807) is 0 Å². The van der Waals surface area contributed by atoms with Gasteiger partial charge in [-0.1, -0.05) is 146 Å². The van der Waals surface area contributed by atoms with E-state index >= 15 is 0 Å². The molecule has 0 saturated carbocycles. The third-order valence-electron chi connectivity index (χ3n) is 9.40. The molecule has 0 saturated heterocycles. The van der Waals surface area contributed by atoms with Crippen molar-refractivity contribution in [3.05, 3.63) is 193 Å². The van der Waals surface area contributed by atoms with Gasteiger partial charge in [0.25, 0.3) is 0 Å². The Hall–Kier alpha value is -6.46. The summed E-state index contributed by atoms with van der Waals surface area (Å²) in [6.07, 6.45) is 0. The molecule has 48 heavy (non-hydrogen) atoms. The average molecular weight is 628 g/mol. The smallest absolute Gasteiger partial charge is 0.210 e. The molecule has 3 nitrogen and oxygen atoms in total. The van der Waals surface area contributed by atoms with Crippen molar-refractivity contribution in [3.8, 4) is 22.9 Å². The molecule has 0 radical (unpaired) electrons. The lowest BCUT2D eigenvalue weighted by molar-refractivity contribution is 1.19. The van der Waals surface area contributed by atoms with E-state index in [0.717, 1.165) is 38.6 Å². The van der Waals surface area contributed by atoms with E-state index in [9.17, 15) is 5.26 Å². The van der Waals surface area contributed by atoms with Crippen LogP contribution in [0, 0.1) is 17.9 Å². The van der Waals surface area contributed by atoms with Gasteiger partial charge in [0.1, 0.15) is 0 Å². The summed E-state index contributed by atoms with van der Waals surface area (Å²) in [5.41, 5.74) is 6.04. The molecule has 0 fully saturated rings.